The van der Waals surface area contributed by atoms with E-state index in [0.29, 0.717) is 23.2 Å². The lowest BCUT2D eigenvalue weighted by Gasteiger charge is -2.38. The third-order valence-electron chi connectivity index (χ3n) is 6.79. The van der Waals surface area contributed by atoms with E-state index >= 15 is 0 Å². The van der Waals surface area contributed by atoms with E-state index in [4.69, 9.17) is 16.3 Å². The van der Waals surface area contributed by atoms with E-state index in [2.05, 4.69) is 20.2 Å². The van der Waals surface area contributed by atoms with Crippen molar-refractivity contribution in [3.63, 3.8) is 0 Å². The standard InChI is InChI=1S/C22H25ClN4O3/c23-15-2-3-18-17(12-15)21(20(28)26-18)6-8-27(9-7-21)10-11-30-16-13-24-19(25-14-16)22(29)4-1-5-22/h2-3,12-14,29H,1,4-11H2,(H,26,28). The second-order valence-electron chi connectivity index (χ2n) is 8.54. The molecule has 7 nitrogen and oxygen atoms in total. The van der Waals surface area contributed by atoms with Crippen LogP contribution < -0.4 is 10.1 Å². The number of ether oxygens (including phenoxy) is 1. The van der Waals surface area contributed by atoms with Crippen molar-refractivity contribution in [3.05, 3.63) is 47.0 Å². The van der Waals surface area contributed by atoms with E-state index in [-0.39, 0.29) is 5.91 Å². The minimum Gasteiger partial charge on any atom is -0.489 e. The molecular formula is C22H25ClN4O3. The summed E-state index contributed by atoms with van der Waals surface area (Å²) in [6.45, 7) is 2.94. The molecule has 3 aliphatic rings. The monoisotopic (exact) mass is 428 g/mol. The number of hydrogen-bond acceptors (Lipinski definition) is 6. The van der Waals surface area contributed by atoms with Gasteiger partial charge in [-0.05, 0) is 69.0 Å². The Morgan fingerprint density at radius 1 is 1.17 bits per heavy atom. The van der Waals surface area contributed by atoms with Crippen LogP contribution in [0.2, 0.25) is 5.02 Å². The maximum absolute atomic E-state index is 12.7. The molecule has 3 heterocycles. The highest BCUT2D eigenvalue weighted by atomic mass is 35.5. The predicted molar refractivity (Wildman–Crippen MR) is 113 cm³/mol. The number of anilines is 1. The van der Waals surface area contributed by atoms with Gasteiger partial charge in [-0.3, -0.25) is 9.69 Å². The zero-order valence-corrected chi connectivity index (χ0v) is 17.5. The second kappa shape index (κ2) is 7.48. The molecule has 8 heteroatoms. The zero-order valence-electron chi connectivity index (χ0n) is 16.7. The van der Waals surface area contributed by atoms with Crippen LogP contribution in [0, 0.1) is 0 Å². The van der Waals surface area contributed by atoms with Crippen LogP contribution in [0.5, 0.6) is 5.75 Å². The van der Waals surface area contributed by atoms with Gasteiger partial charge in [0.1, 0.15) is 12.2 Å². The average Bonchev–Trinajstić information content (AvgIpc) is 2.99. The fourth-order valence-electron chi connectivity index (χ4n) is 4.70. The topological polar surface area (TPSA) is 87.6 Å². The maximum atomic E-state index is 12.7. The van der Waals surface area contributed by atoms with Gasteiger partial charge in [0, 0.05) is 17.3 Å². The molecular weight excluding hydrogens is 404 g/mol. The average molecular weight is 429 g/mol. The van der Waals surface area contributed by atoms with Gasteiger partial charge in [-0.25, -0.2) is 9.97 Å². The van der Waals surface area contributed by atoms with Crippen LogP contribution in [0.3, 0.4) is 0 Å². The maximum Gasteiger partial charge on any atom is 0.235 e. The van der Waals surface area contributed by atoms with E-state index in [0.717, 1.165) is 63.0 Å². The molecule has 2 fully saturated rings. The molecule has 1 saturated carbocycles. The molecule has 30 heavy (non-hydrogen) atoms. The van der Waals surface area contributed by atoms with Crippen molar-refractivity contribution in [1.29, 1.82) is 0 Å². The number of fused-ring (bicyclic) bond motifs is 2. The number of piperidine rings is 1. The van der Waals surface area contributed by atoms with Gasteiger partial charge in [0.15, 0.2) is 11.6 Å². The lowest BCUT2D eigenvalue weighted by Crippen LogP contribution is -2.47. The summed E-state index contributed by atoms with van der Waals surface area (Å²) in [6, 6.07) is 5.63. The number of aliphatic hydroxyl groups is 1. The molecule has 1 aromatic carbocycles. The molecule has 0 unspecified atom stereocenters. The Balaban J connectivity index is 1.14. The number of carbonyl (C=O) groups is 1. The summed E-state index contributed by atoms with van der Waals surface area (Å²) < 4.78 is 5.79. The van der Waals surface area contributed by atoms with Crippen LogP contribution in [-0.2, 0) is 15.8 Å². The molecule has 0 radical (unpaired) electrons. The zero-order chi connectivity index (χ0) is 20.8. The molecule has 1 spiro atoms. The van der Waals surface area contributed by atoms with Gasteiger partial charge in [0.25, 0.3) is 0 Å². The Bertz CT molecular complexity index is 953. The van der Waals surface area contributed by atoms with Crippen LogP contribution in [-0.4, -0.2) is 52.1 Å². The Labute approximate surface area is 180 Å². The molecule has 1 aliphatic carbocycles. The number of carbonyl (C=O) groups excluding carboxylic acids is 1. The summed E-state index contributed by atoms with van der Waals surface area (Å²) >= 11 is 6.18. The summed E-state index contributed by atoms with van der Waals surface area (Å²) in [5, 5.41) is 14.0. The normalized spacial score (nSPS) is 21.7. The molecule has 1 saturated heterocycles. The minimum atomic E-state index is -0.850. The highest BCUT2D eigenvalue weighted by Gasteiger charge is 2.48. The van der Waals surface area contributed by atoms with Gasteiger partial charge in [0.2, 0.25) is 5.91 Å². The van der Waals surface area contributed by atoms with Crippen molar-refractivity contribution in [1.82, 2.24) is 14.9 Å². The number of nitrogens with one attached hydrogen (secondary N) is 1. The number of benzene rings is 1. The molecule has 2 aliphatic heterocycles. The lowest BCUT2D eigenvalue weighted by atomic mass is 9.73. The van der Waals surface area contributed by atoms with Crippen molar-refractivity contribution in [2.75, 3.05) is 31.6 Å². The number of amides is 1. The Hall–Kier alpha value is -2.22. The van der Waals surface area contributed by atoms with Crippen molar-refractivity contribution >= 4 is 23.2 Å². The van der Waals surface area contributed by atoms with Crippen LogP contribution in [0.15, 0.2) is 30.6 Å². The van der Waals surface area contributed by atoms with Gasteiger partial charge in [-0.2, -0.15) is 0 Å². The number of likely N-dealkylation sites (tertiary alicyclic amines) is 1. The van der Waals surface area contributed by atoms with Gasteiger partial charge in [-0.15, -0.1) is 0 Å². The van der Waals surface area contributed by atoms with Gasteiger partial charge < -0.3 is 15.2 Å². The van der Waals surface area contributed by atoms with Crippen LogP contribution in [0.25, 0.3) is 0 Å². The molecule has 2 aromatic rings. The van der Waals surface area contributed by atoms with Crippen LogP contribution >= 0.6 is 11.6 Å². The van der Waals surface area contributed by atoms with Crippen LogP contribution in [0.1, 0.15) is 43.5 Å². The summed E-state index contributed by atoms with van der Waals surface area (Å²) in [7, 11) is 0. The Morgan fingerprint density at radius 2 is 1.90 bits per heavy atom. The fraction of sp³-hybridized carbons (Fsp3) is 0.500. The molecule has 1 aromatic heterocycles. The number of rotatable bonds is 5. The molecule has 1 amide bonds. The Morgan fingerprint density at radius 3 is 2.57 bits per heavy atom. The highest BCUT2D eigenvalue weighted by Crippen LogP contribution is 2.45. The second-order valence-corrected chi connectivity index (χ2v) is 8.98. The van der Waals surface area contributed by atoms with E-state index in [1.54, 1.807) is 12.4 Å². The quantitative estimate of drug-likeness (QED) is 0.761. The van der Waals surface area contributed by atoms with Gasteiger partial charge in [0.05, 0.1) is 17.8 Å². The SMILES string of the molecule is O=C1Nc2ccc(Cl)cc2C12CCN(CCOc1cnc(C3(O)CCC3)nc1)CC2. The predicted octanol–water partition coefficient (Wildman–Crippen LogP) is 2.87. The summed E-state index contributed by atoms with van der Waals surface area (Å²) in [6.07, 6.45) is 7.25. The van der Waals surface area contributed by atoms with Gasteiger partial charge in [-0.1, -0.05) is 11.6 Å². The Kier molecular flexibility index (Phi) is 4.92. The third-order valence-corrected chi connectivity index (χ3v) is 7.03. The number of nitrogens with zero attached hydrogens (tertiary/aromatic N) is 3. The van der Waals surface area contributed by atoms with E-state index in [9.17, 15) is 9.90 Å². The first-order valence-corrected chi connectivity index (χ1v) is 10.9. The number of halogens is 1. The van der Waals surface area contributed by atoms with Crippen molar-refractivity contribution < 1.29 is 14.6 Å². The van der Waals surface area contributed by atoms with Crippen LogP contribution in [0.4, 0.5) is 5.69 Å². The summed E-state index contributed by atoms with van der Waals surface area (Å²) in [5.74, 6) is 1.17. The largest absolute Gasteiger partial charge is 0.489 e. The first-order chi connectivity index (χ1) is 14.5. The van der Waals surface area contributed by atoms with E-state index in [1.165, 1.54) is 0 Å². The smallest absolute Gasteiger partial charge is 0.235 e. The first-order valence-electron chi connectivity index (χ1n) is 10.5. The van der Waals surface area contributed by atoms with Crippen molar-refractivity contribution in [3.8, 4) is 5.75 Å². The van der Waals surface area contributed by atoms with Crippen molar-refractivity contribution in [2.45, 2.75) is 43.1 Å². The number of aromatic nitrogens is 2. The highest BCUT2D eigenvalue weighted by molar-refractivity contribution is 6.31. The molecule has 5 rings (SSSR count). The molecule has 0 atom stereocenters. The number of hydrogen-bond donors (Lipinski definition) is 2. The fourth-order valence-corrected chi connectivity index (χ4v) is 4.87. The third kappa shape index (κ3) is 3.35. The van der Waals surface area contributed by atoms with Gasteiger partial charge >= 0.3 is 0 Å². The van der Waals surface area contributed by atoms with E-state index in [1.807, 2.05) is 18.2 Å². The molecule has 158 valence electrons. The summed E-state index contributed by atoms with van der Waals surface area (Å²) in [4.78, 5) is 23.6. The molecule has 2 N–H and O–H groups in total. The molecule has 0 bridgehead atoms. The van der Waals surface area contributed by atoms with E-state index < -0.39 is 11.0 Å². The lowest BCUT2D eigenvalue weighted by molar-refractivity contribution is -0.122. The van der Waals surface area contributed by atoms with Crippen molar-refractivity contribution in [2.24, 2.45) is 0 Å². The first kappa shape index (κ1) is 19.7. The minimum absolute atomic E-state index is 0.0843. The summed E-state index contributed by atoms with van der Waals surface area (Å²) in [5.41, 5.74) is 0.596.